The van der Waals surface area contributed by atoms with Crippen molar-refractivity contribution in [2.45, 2.75) is 19.3 Å². The Kier molecular flexibility index (Phi) is 4.07. The third-order valence-electron chi connectivity index (χ3n) is 3.95. The molecule has 0 saturated heterocycles. The van der Waals surface area contributed by atoms with Gasteiger partial charge >= 0.3 is 0 Å². The number of nitro benzene ring substituents is 1. The lowest BCUT2D eigenvalue weighted by atomic mass is 10.1. The molecule has 5 nitrogen and oxygen atoms in total. The predicted octanol–water partition coefficient (Wildman–Crippen LogP) is 4.06. The molecule has 0 atom stereocenters. The maximum atomic E-state index is 10.9. The van der Waals surface area contributed by atoms with Gasteiger partial charge in [-0.15, -0.1) is 0 Å². The Morgan fingerprint density at radius 2 is 2.04 bits per heavy atom. The average Bonchev–Trinajstić information content (AvgIpc) is 3.02. The van der Waals surface area contributed by atoms with Crippen LogP contribution in [0.1, 0.15) is 23.1 Å². The summed E-state index contributed by atoms with van der Waals surface area (Å²) in [4.78, 5) is 10.5. The van der Waals surface area contributed by atoms with Gasteiger partial charge in [-0.25, -0.2) is 0 Å². The molecule has 3 rings (SSSR count). The minimum absolute atomic E-state index is 0.00194. The van der Waals surface area contributed by atoms with Crippen molar-refractivity contribution in [2.75, 3.05) is 5.32 Å². The van der Waals surface area contributed by atoms with Crippen molar-refractivity contribution in [3.63, 3.8) is 0 Å². The number of benzene rings is 2. The second-order valence-corrected chi connectivity index (χ2v) is 5.46. The highest BCUT2D eigenvalue weighted by molar-refractivity contribution is 5.79. The van der Waals surface area contributed by atoms with Crippen LogP contribution in [0, 0.1) is 21.4 Å². The maximum absolute atomic E-state index is 10.9. The number of non-ortho nitro benzene ring substituents is 1. The van der Waals surface area contributed by atoms with Crippen LogP contribution in [0.5, 0.6) is 0 Å². The number of hydrogen-bond acceptors (Lipinski definition) is 4. The molecule has 1 aliphatic carbocycles. The summed E-state index contributed by atoms with van der Waals surface area (Å²) in [5, 5.41) is 23.1. The lowest BCUT2D eigenvalue weighted by Crippen LogP contribution is -2.00. The normalized spacial score (nSPS) is 13.3. The zero-order valence-corrected chi connectivity index (χ0v) is 12.5. The molecule has 0 amide bonds. The third kappa shape index (κ3) is 3.22. The van der Waals surface area contributed by atoms with Gasteiger partial charge in [-0.2, -0.15) is 5.26 Å². The van der Waals surface area contributed by atoms with Crippen LogP contribution in [-0.4, -0.2) is 4.92 Å². The minimum Gasteiger partial charge on any atom is -0.354 e. The average molecular weight is 305 g/mol. The monoisotopic (exact) mass is 305 g/mol. The number of nitrogens with one attached hydrogen (secondary N) is 1. The molecule has 2 aromatic rings. The SMILES string of the molecule is N#CC=C(Nc1ccc2c(c1)CCC2)c1cccc([N+](=O)[O-])c1. The number of nitrogens with zero attached hydrogens (tertiary/aromatic N) is 2. The molecule has 0 spiro atoms. The van der Waals surface area contributed by atoms with Crippen molar-refractivity contribution in [2.24, 2.45) is 0 Å². The third-order valence-corrected chi connectivity index (χ3v) is 3.95. The molecule has 0 fully saturated rings. The number of nitriles is 1. The lowest BCUT2D eigenvalue weighted by Gasteiger charge is -2.12. The van der Waals surface area contributed by atoms with E-state index in [0.29, 0.717) is 11.3 Å². The van der Waals surface area contributed by atoms with Gasteiger partial charge in [0.1, 0.15) is 0 Å². The van der Waals surface area contributed by atoms with Crippen molar-refractivity contribution in [3.8, 4) is 6.07 Å². The van der Waals surface area contributed by atoms with Crippen LogP contribution in [-0.2, 0) is 12.8 Å². The number of fused-ring (bicyclic) bond motifs is 1. The standard InChI is InChI=1S/C18H15N3O2/c19-10-9-18(15-5-2-6-17(12-15)21(22)23)20-16-8-7-13-3-1-4-14(13)11-16/h2,5-9,11-12,20H,1,3-4H2. The van der Waals surface area contributed by atoms with Crippen LogP contribution in [0.2, 0.25) is 0 Å². The molecule has 0 radical (unpaired) electrons. The first-order valence-corrected chi connectivity index (χ1v) is 7.41. The van der Waals surface area contributed by atoms with Crippen molar-refractivity contribution in [1.82, 2.24) is 0 Å². The number of aryl methyl sites for hydroxylation is 2. The van der Waals surface area contributed by atoms with Crippen LogP contribution in [0.15, 0.2) is 48.5 Å². The molecule has 23 heavy (non-hydrogen) atoms. The van der Waals surface area contributed by atoms with Gasteiger partial charge in [-0.05, 0) is 42.5 Å². The molecule has 1 N–H and O–H groups in total. The summed E-state index contributed by atoms with van der Waals surface area (Å²) in [7, 11) is 0. The van der Waals surface area contributed by atoms with E-state index in [2.05, 4.69) is 17.4 Å². The molecular weight excluding hydrogens is 290 g/mol. The highest BCUT2D eigenvalue weighted by Gasteiger charge is 2.13. The molecule has 0 bridgehead atoms. The van der Waals surface area contributed by atoms with E-state index in [1.54, 1.807) is 12.1 Å². The zero-order chi connectivity index (χ0) is 16.2. The second kappa shape index (κ2) is 6.32. The number of nitro groups is 1. The van der Waals surface area contributed by atoms with E-state index < -0.39 is 4.92 Å². The fourth-order valence-corrected chi connectivity index (χ4v) is 2.85. The van der Waals surface area contributed by atoms with E-state index in [4.69, 9.17) is 5.26 Å². The van der Waals surface area contributed by atoms with E-state index in [9.17, 15) is 10.1 Å². The maximum Gasteiger partial charge on any atom is 0.270 e. The molecule has 1 aliphatic rings. The van der Waals surface area contributed by atoms with Gasteiger partial charge in [0.15, 0.2) is 0 Å². The molecule has 0 aromatic heterocycles. The fourth-order valence-electron chi connectivity index (χ4n) is 2.85. The van der Waals surface area contributed by atoms with Gasteiger partial charge < -0.3 is 5.32 Å². The van der Waals surface area contributed by atoms with Gasteiger partial charge in [0, 0.05) is 29.5 Å². The van der Waals surface area contributed by atoms with Gasteiger partial charge in [-0.3, -0.25) is 10.1 Å². The number of allylic oxidation sites excluding steroid dienone is 1. The van der Waals surface area contributed by atoms with Gasteiger partial charge in [0.25, 0.3) is 5.69 Å². The van der Waals surface area contributed by atoms with E-state index in [1.807, 2.05) is 12.1 Å². The van der Waals surface area contributed by atoms with E-state index in [-0.39, 0.29) is 5.69 Å². The van der Waals surface area contributed by atoms with Crippen LogP contribution in [0.4, 0.5) is 11.4 Å². The minimum atomic E-state index is -0.442. The van der Waals surface area contributed by atoms with Gasteiger partial charge in [-0.1, -0.05) is 18.2 Å². The predicted molar refractivity (Wildman–Crippen MR) is 88.8 cm³/mol. The summed E-state index contributed by atoms with van der Waals surface area (Å²) >= 11 is 0. The highest BCUT2D eigenvalue weighted by Crippen LogP contribution is 2.27. The summed E-state index contributed by atoms with van der Waals surface area (Å²) in [6, 6.07) is 14.4. The molecule has 2 aromatic carbocycles. The Morgan fingerprint density at radius 1 is 1.22 bits per heavy atom. The smallest absolute Gasteiger partial charge is 0.270 e. The Morgan fingerprint density at radius 3 is 2.83 bits per heavy atom. The number of rotatable bonds is 4. The Balaban J connectivity index is 1.91. The van der Waals surface area contributed by atoms with E-state index in [0.717, 1.165) is 18.5 Å². The van der Waals surface area contributed by atoms with Crippen LogP contribution in [0.25, 0.3) is 5.70 Å². The molecule has 0 unspecified atom stereocenters. The molecule has 0 saturated carbocycles. The Bertz CT molecular complexity index is 834. The summed E-state index contributed by atoms with van der Waals surface area (Å²) in [5.74, 6) is 0. The first-order valence-electron chi connectivity index (χ1n) is 7.41. The first kappa shape index (κ1) is 14.8. The fraction of sp³-hybridized carbons (Fsp3) is 0.167. The van der Waals surface area contributed by atoms with E-state index >= 15 is 0 Å². The van der Waals surface area contributed by atoms with Crippen LogP contribution >= 0.6 is 0 Å². The molecule has 0 heterocycles. The quantitative estimate of drug-likeness (QED) is 0.525. The molecule has 5 heteroatoms. The van der Waals surface area contributed by atoms with Crippen molar-refractivity contribution in [1.29, 1.82) is 5.26 Å². The van der Waals surface area contributed by atoms with Gasteiger partial charge in [0.2, 0.25) is 0 Å². The van der Waals surface area contributed by atoms with Gasteiger partial charge in [0.05, 0.1) is 16.7 Å². The second-order valence-electron chi connectivity index (χ2n) is 5.46. The Hall–Kier alpha value is -3.13. The lowest BCUT2D eigenvalue weighted by molar-refractivity contribution is -0.384. The Labute approximate surface area is 134 Å². The van der Waals surface area contributed by atoms with Crippen LogP contribution in [0.3, 0.4) is 0 Å². The topological polar surface area (TPSA) is 79.0 Å². The summed E-state index contributed by atoms with van der Waals surface area (Å²) in [6.45, 7) is 0. The summed E-state index contributed by atoms with van der Waals surface area (Å²) < 4.78 is 0. The zero-order valence-electron chi connectivity index (χ0n) is 12.5. The van der Waals surface area contributed by atoms with Crippen molar-refractivity contribution < 1.29 is 4.92 Å². The molecular formula is C18H15N3O2. The van der Waals surface area contributed by atoms with Crippen LogP contribution < -0.4 is 5.32 Å². The molecule has 0 aliphatic heterocycles. The number of anilines is 1. The van der Waals surface area contributed by atoms with E-state index in [1.165, 1.54) is 35.8 Å². The number of hydrogen-bond donors (Lipinski definition) is 1. The first-order chi connectivity index (χ1) is 11.2. The highest BCUT2D eigenvalue weighted by atomic mass is 16.6. The molecule has 114 valence electrons. The largest absolute Gasteiger partial charge is 0.354 e. The summed E-state index contributed by atoms with van der Waals surface area (Å²) in [6.07, 6.45) is 4.72. The van der Waals surface area contributed by atoms with Crippen molar-refractivity contribution >= 4 is 17.1 Å². The summed E-state index contributed by atoms with van der Waals surface area (Å²) in [5.41, 5.74) is 4.75. The van der Waals surface area contributed by atoms with Crippen molar-refractivity contribution in [3.05, 3.63) is 75.3 Å².